The Morgan fingerprint density at radius 1 is 1.23 bits per heavy atom. The van der Waals surface area contributed by atoms with Crippen LogP contribution >= 0.6 is 24.0 Å². The van der Waals surface area contributed by atoms with Crippen LogP contribution in [-0.2, 0) is 22.1 Å². The molecule has 2 rings (SSSR count). The Morgan fingerprint density at radius 3 is 2.68 bits per heavy atom. The lowest BCUT2D eigenvalue weighted by molar-refractivity contribution is 0.147. The maximum Gasteiger partial charge on any atom is 0.191 e. The maximum absolute atomic E-state index is 13.8. The molecule has 0 amide bonds. The first-order valence-electron chi connectivity index (χ1n) is 11.0. The third kappa shape index (κ3) is 10.5. The van der Waals surface area contributed by atoms with Gasteiger partial charge in [-0.25, -0.2) is 17.8 Å². The predicted octanol–water partition coefficient (Wildman–Crippen LogP) is 3.70. The molecule has 178 valence electrons. The summed E-state index contributed by atoms with van der Waals surface area (Å²) in [5.74, 6) is 0.175. The van der Waals surface area contributed by atoms with Gasteiger partial charge in [0, 0.05) is 25.4 Å². The quantitative estimate of drug-likeness (QED) is 0.256. The Kier molecular flexibility index (Phi) is 12.9. The van der Waals surface area contributed by atoms with Crippen molar-refractivity contribution < 1.29 is 12.8 Å². The van der Waals surface area contributed by atoms with Crippen molar-refractivity contribution in [2.75, 3.05) is 32.4 Å². The van der Waals surface area contributed by atoms with Gasteiger partial charge in [0.2, 0.25) is 0 Å². The van der Waals surface area contributed by atoms with Crippen LogP contribution in [0.25, 0.3) is 0 Å². The van der Waals surface area contributed by atoms with Crippen LogP contribution in [0.15, 0.2) is 23.2 Å². The Balaban J connectivity index is 0.00000480. The van der Waals surface area contributed by atoms with Crippen LogP contribution in [0.5, 0.6) is 0 Å². The van der Waals surface area contributed by atoms with E-state index in [-0.39, 0.29) is 42.1 Å². The molecule has 1 aliphatic rings. The molecular formula is C22H38FIN4O2S. The van der Waals surface area contributed by atoms with E-state index in [1.165, 1.54) is 56.6 Å². The van der Waals surface area contributed by atoms with Gasteiger partial charge in [-0.3, -0.25) is 4.90 Å². The number of guanidine groups is 1. The highest BCUT2D eigenvalue weighted by atomic mass is 127. The molecule has 1 atom stereocenters. The zero-order valence-electron chi connectivity index (χ0n) is 19.0. The monoisotopic (exact) mass is 568 g/mol. The zero-order chi connectivity index (χ0) is 22.0. The fourth-order valence-corrected chi connectivity index (χ4v) is 4.68. The third-order valence-corrected chi connectivity index (χ3v) is 6.23. The lowest BCUT2D eigenvalue weighted by atomic mass is 10.0. The number of nitrogens with one attached hydrogen (secondary N) is 2. The van der Waals surface area contributed by atoms with E-state index in [1.54, 1.807) is 0 Å². The number of hydrogen-bond acceptors (Lipinski definition) is 4. The summed E-state index contributed by atoms with van der Waals surface area (Å²) in [7, 11) is -3.21. The van der Waals surface area contributed by atoms with Gasteiger partial charge in [-0.15, -0.1) is 24.0 Å². The highest BCUT2D eigenvalue weighted by molar-refractivity contribution is 14.0. The van der Waals surface area contributed by atoms with E-state index in [2.05, 4.69) is 27.4 Å². The van der Waals surface area contributed by atoms with Gasteiger partial charge in [0.05, 0.1) is 12.3 Å². The van der Waals surface area contributed by atoms with E-state index >= 15 is 0 Å². The summed E-state index contributed by atoms with van der Waals surface area (Å²) in [4.78, 5) is 7.17. The number of piperidine rings is 1. The molecule has 1 unspecified atom stereocenters. The van der Waals surface area contributed by atoms with Crippen molar-refractivity contribution in [3.63, 3.8) is 0 Å². The number of sulfone groups is 1. The van der Waals surface area contributed by atoms with E-state index in [9.17, 15) is 12.8 Å². The Hall–Kier alpha value is -0.940. The SMILES string of the molecule is CCCCN1CCCCC1CNC(=NCc1cc(F)ccc1CS(C)(=O)=O)NCC.I. The smallest absolute Gasteiger partial charge is 0.191 e. The number of hydrogen-bond donors (Lipinski definition) is 2. The van der Waals surface area contributed by atoms with Gasteiger partial charge in [0.1, 0.15) is 5.82 Å². The first-order valence-corrected chi connectivity index (χ1v) is 13.1. The predicted molar refractivity (Wildman–Crippen MR) is 137 cm³/mol. The molecule has 1 aromatic carbocycles. The number of halogens is 2. The lowest BCUT2D eigenvalue weighted by Gasteiger charge is -2.36. The molecule has 31 heavy (non-hydrogen) atoms. The van der Waals surface area contributed by atoms with Crippen LogP contribution in [0.3, 0.4) is 0 Å². The van der Waals surface area contributed by atoms with Crippen molar-refractivity contribution in [2.45, 2.75) is 64.3 Å². The Bertz CT molecular complexity index is 805. The summed E-state index contributed by atoms with van der Waals surface area (Å²) in [6.07, 6.45) is 7.29. The summed E-state index contributed by atoms with van der Waals surface area (Å²) in [5, 5.41) is 6.68. The van der Waals surface area contributed by atoms with Crippen molar-refractivity contribution in [3.8, 4) is 0 Å². The van der Waals surface area contributed by atoms with Crippen LogP contribution in [0.4, 0.5) is 4.39 Å². The van der Waals surface area contributed by atoms with Gasteiger partial charge in [0.15, 0.2) is 15.8 Å². The molecule has 0 aromatic heterocycles. The molecule has 0 aliphatic carbocycles. The summed E-state index contributed by atoms with van der Waals surface area (Å²) in [6.45, 7) is 8.26. The van der Waals surface area contributed by atoms with Crippen molar-refractivity contribution in [3.05, 3.63) is 35.1 Å². The van der Waals surface area contributed by atoms with Gasteiger partial charge in [0.25, 0.3) is 0 Å². The number of rotatable bonds is 10. The van der Waals surface area contributed by atoms with Crippen LogP contribution in [0, 0.1) is 5.82 Å². The van der Waals surface area contributed by atoms with Crippen molar-refractivity contribution in [2.24, 2.45) is 4.99 Å². The van der Waals surface area contributed by atoms with Crippen LogP contribution in [0.2, 0.25) is 0 Å². The Labute approximate surface area is 204 Å². The van der Waals surface area contributed by atoms with Crippen LogP contribution in [-0.4, -0.2) is 57.8 Å². The zero-order valence-corrected chi connectivity index (χ0v) is 22.1. The van der Waals surface area contributed by atoms with Gasteiger partial charge in [-0.1, -0.05) is 25.8 Å². The third-order valence-electron chi connectivity index (χ3n) is 5.39. The van der Waals surface area contributed by atoms with Crippen molar-refractivity contribution >= 4 is 39.8 Å². The minimum atomic E-state index is -3.21. The number of aliphatic imine (C=N–C) groups is 1. The maximum atomic E-state index is 13.8. The fourth-order valence-electron chi connectivity index (χ4n) is 3.83. The molecule has 1 fully saturated rings. The molecule has 6 nitrogen and oxygen atoms in total. The largest absolute Gasteiger partial charge is 0.357 e. The fraction of sp³-hybridized carbons (Fsp3) is 0.682. The number of benzene rings is 1. The van der Waals surface area contributed by atoms with Crippen molar-refractivity contribution in [1.82, 2.24) is 15.5 Å². The highest BCUT2D eigenvalue weighted by Gasteiger charge is 2.21. The van der Waals surface area contributed by atoms with Gasteiger partial charge in [-0.05, 0) is 62.5 Å². The molecule has 1 aliphatic heterocycles. The van der Waals surface area contributed by atoms with Gasteiger partial charge >= 0.3 is 0 Å². The molecular weight excluding hydrogens is 530 g/mol. The average molecular weight is 569 g/mol. The summed E-state index contributed by atoms with van der Waals surface area (Å²) in [6, 6.07) is 4.70. The number of unbranched alkanes of at least 4 members (excludes halogenated alkanes) is 1. The molecule has 1 aromatic rings. The second-order valence-electron chi connectivity index (χ2n) is 8.10. The van der Waals surface area contributed by atoms with E-state index in [0.29, 0.717) is 23.1 Å². The average Bonchev–Trinajstić information content (AvgIpc) is 2.70. The standard InChI is InChI=1S/C22H37FN4O2S.HI/c1-4-6-12-27-13-8-7-9-21(27)16-26-22(24-5-2)25-15-19-14-20(23)11-10-18(19)17-30(3,28)29;/h10-11,14,21H,4-9,12-13,15-17H2,1-3H3,(H2,24,25,26);1H. The number of likely N-dealkylation sites (tertiary alicyclic amines) is 1. The topological polar surface area (TPSA) is 73.8 Å². The molecule has 0 saturated carbocycles. The first-order chi connectivity index (χ1) is 14.3. The second-order valence-corrected chi connectivity index (χ2v) is 10.2. The first kappa shape index (κ1) is 28.1. The minimum Gasteiger partial charge on any atom is -0.357 e. The van der Waals surface area contributed by atoms with Crippen LogP contribution < -0.4 is 10.6 Å². The normalized spacial score (nSPS) is 17.8. The summed E-state index contributed by atoms with van der Waals surface area (Å²) in [5.41, 5.74) is 1.19. The van der Waals surface area contributed by atoms with E-state index in [4.69, 9.17) is 0 Å². The molecule has 0 radical (unpaired) electrons. The highest BCUT2D eigenvalue weighted by Crippen LogP contribution is 2.18. The molecule has 1 heterocycles. The molecule has 1 saturated heterocycles. The molecule has 0 spiro atoms. The van der Waals surface area contributed by atoms with Crippen LogP contribution in [0.1, 0.15) is 57.1 Å². The van der Waals surface area contributed by atoms with Crippen molar-refractivity contribution in [1.29, 1.82) is 0 Å². The number of nitrogens with zero attached hydrogens (tertiary/aromatic N) is 2. The summed E-state index contributed by atoms with van der Waals surface area (Å²) >= 11 is 0. The minimum absolute atomic E-state index is 0. The van der Waals surface area contributed by atoms with Gasteiger partial charge < -0.3 is 10.6 Å². The molecule has 0 bridgehead atoms. The summed E-state index contributed by atoms with van der Waals surface area (Å²) < 4.78 is 37.2. The van der Waals surface area contributed by atoms with E-state index in [1.807, 2.05) is 6.92 Å². The lowest BCUT2D eigenvalue weighted by Crippen LogP contribution is -2.49. The van der Waals surface area contributed by atoms with Gasteiger partial charge in [-0.2, -0.15) is 0 Å². The van der Waals surface area contributed by atoms with E-state index < -0.39 is 9.84 Å². The Morgan fingerprint density at radius 2 is 2.00 bits per heavy atom. The molecule has 2 N–H and O–H groups in total. The van der Waals surface area contributed by atoms with E-state index in [0.717, 1.165) is 26.2 Å². The second kappa shape index (κ2) is 14.3. The molecule has 9 heteroatoms.